The Balaban J connectivity index is 1.84. The Labute approximate surface area is 146 Å². The van der Waals surface area contributed by atoms with Crippen LogP contribution >= 0.6 is 15.9 Å². The van der Waals surface area contributed by atoms with Gasteiger partial charge in [-0.25, -0.2) is 0 Å². The maximum Gasteiger partial charge on any atom is 0.284 e. The van der Waals surface area contributed by atoms with Gasteiger partial charge in [0.2, 0.25) is 0 Å². The second-order valence-corrected chi connectivity index (χ2v) is 5.56. The number of hydrogen-bond acceptors (Lipinski definition) is 5. The quantitative estimate of drug-likeness (QED) is 0.442. The second kappa shape index (κ2) is 8.30. The number of nitro groups is 1. The van der Waals surface area contributed by atoms with Crippen LogP contribution in [0, 0.1) is 10.1 Å². The number of nitrogens with zero attached hydrogens (tertiary/aromatic N) is 1. The number of benzene rings is 2. The molecule has 0 aliphatic rings. The molecule has 0 atom stereocenters. The maximum absolute atomic E-state index is 12.0. The number of ether oxygens (including phenoxy) is 2. The fourth-order valence-electron chi connectivity index (χ4n) is 1.90. The van der Waals surface area contributed by atoms with E-state index in [1.54, 1.807) is 31.4 Å². The molecule has 0 fully saturated rings. The normalized spacial score (nSPS) is 10.1. The molecule has 8 heteroatoms. The number of halogens is 1. The molecule has 24 heavy (non-hydrogen) atoms. The molecule has 0 aliphatic carbocycles. The van der Waals surface area contributed by atoms with Crippen LogP contribution in [0.2, 0.25) is 0 Å². The first-order valence-electron chi connectivity index (χ1n) is 7.00. The van der Waals surface area contributed by atoms with Crippen molar-refractivity contribution in [3.8, 4) is 11.5 Å². The lowest BCUT2D eigenvalue weighted by atomic mass is 10.2. The number of methoxy groups -OCH3 is 1. The minimum absolute atomic E-state index is 0.155. The summed E-state index contributed by atoms with van der Waals surface area (Å²) in [5, 5.41) is 13.5. The van der Waals surface area contributed by atoms with Crippen molar-refractivity contribution in [1.82, 2.24) is 5.32 Å². The smallest absolute Gasteiger partial charge is 0.284 e. The molecular formula is C16H15BrN2O5. The predicted molar refractivity (Wildman–Crippen MR) is 91.6 cm³/mol. The van der Waals surface area contributed by atoms with Crippen molar-refractivity contribution in [2.75, 3.05) is 20.3 Å². The Hall–Kier alpha value is -2.61. The van der Waals surface area contributed by atoms with Crippen molar-refractivity contribution in [3.63, 3.8) is 0 Å². The van der Waals surface area contributed by atoms with E-state index in [1.165, 1.54) is 18.2 Å². The molecule has 0 saturated carbocycles. The molecule has 0 bridgehead atoms. The van der Waals surface area contributed by atoms with Gasteiger partial charge in [-0.15, -0.1) is 0 Å². The van der Waals surface area contributed by atoms with Crippen molar-refractivity contribution in [2.24, 2.45) is 0 Å². The Morgan fingerprint density at radius 1 is 1.21 bits per heavy atom. The van der Waals surface area contributed by atoms with E-state index in [0.717, 1.165) is 5.75 Å². The summed E-state index contributed by atoms with van der Waals surface area (Å²) in [6, 6.07) is 11.3. The minimum atomic E-state index is -0.548. The van der Waals surface area contributed by atoms with E-state index >= 15 is 0 Å². The van der Waals surface area contributed by atoms with E-state index in [-0.39, 0.29) is 24.4 Å². The number of nitro benzene ring substituents is 1. The van der Waals surface area contributed by atoms with Crippen LogP contribution in [0.15, 0.2) is 46.9 Å². The average molecular weight is 395 g/mol. The number of hydrogen-bond donors (Lipinski definition) is 1. The van der Waals surface area contributed by atoms with Crippen molar-refractivity contribution < 1.29 is 19.2 Å². The van der Waals surface area contributed by atoms with Crippen molar-refractivity contribution >= 4 is 27.5 Å². The SMILES string of the molecule is COc1ccc(OCCNC(=O)c2ccc(Br)c([N+](=O)[O-])c2)cc1. The Morgan fingerprint density at radius 2 is 1.88 bits per heavy atom. The molecule has 126 valence electrons. The maximum atomic E-state index is 12.0. The Bertz CT molecular complexity index is 734. The first kappa shape index (κ1) is 17.7. The molecule has 0 radical (unpaired) electrons. The fourth-order valence-corrected chi connectivity index (χ4v) is 2.29. The summed E-state index contributed by atoms with van der Waals surface area (Å²) in [6.07, 6.45) is 0. The van der Waals surface area contributed by atoms with Gasteiger partial charge in [-0.05, 0) is 52.3 Å². The molecule has 1 amide bonds. The lowest BCUT2D eigenvalue weighted by molar-refractivity contribution is -0.385. The zero-order valence-electron chi connectivity index (χ0n) is 12.8. The van der Waals surface area contributed by atoms with Crippen molar-refractivity contribution in [1.29, 1.82) is 0 Å². The highest BCUT2D eigenvalue weighted by Crippen LogP contribution is 2.25. The minimum Gasteiger partial charge on any atom is -0.497 e. The Kier molecular flexibility index (Phi) is 6.14. The van der Waals surface area contributed by atoms with E-state index in [0.29, 0.717) is 10.2 Å². The molecule has 0 spiro atoms. The third kappa shape index (κ3) is 4.69. The van der Waals surface area contributed by atoms with Gasteiger partial charge in [-0.2, -0.15) is 0 Å². The molecular weight excluding hydrogens is 380 g/mol. The van der Waals surface area contributed by atoms with Crippen LogP contribution in [-0.2, 0) is 0 Å². The number of carbonyl (C=O) groups excluding carboxylic acids is 1. The van der Waals surface area contributed by atoms with Crippen molar-refractivity contribution in [2.45, 2.75) is 0 Å². The van der Waals surface area contributed by atoms with Crippen LogP contribution in [0.25, 0.3) is 0 Å². The largest absolute Gasteiger partial charge is 0.497 e. The van der Waals surface area contributed by atoms with Gasteiger partial charge in [0.1, 0.15) is 18.1 Å². The Morgan fingerprint density at radius 3 is 2.50 bits per heavy atom. The molecule has 2 aromatic carbocycles. The highest BCUT2D eigenvalue weighted by Gasteiger charge is 2.15. The molecule has 2 rings (SSSR count). The van der Waals surface area contributed by atoms with Gasteiger partial charge < -0.3 is 14.8 Å². The molecule has 2 aromatic rings. The first-order valence-corrected chi connectivity index (χ1v) is 7.79. The van der Waals surface area contributed by atoms with Gasteiger partial charge in [0.15, 0.2) is 0 Å². The van der Waals surface area contributed by atoms with Gasteiger partial charge in [0.05, 0.1) is 23.1 Å². The zero-order chi connectivity index (χ0) is 17.5. The standard InChI is InChI=1S/C16H15BrN2O5/c1-23-12-3-5-13(6-4-12)24-9-8-18-16(20)11-2-7-14(17)15(10-11)19(21)22/h2-7,10H,8-9H2,1H3,(H,18,20). The average Bonchev–Trinajstić information content (AvgIpc) is 2.59. The summed E-state index contributed by atoms with van der Waals surface area (Å²) in [5.41, 5.74) is 0.0616. The summed E-state index contributed by atoms with van der Waals surface area (Å²) in [5.74, 6) is 0.987. The number of carbonyl (C=O) groups is 1. The van der Waals surface area contributed by atoms with Crippen LogP contribution in [0.1, 0.15) is 10.4 Å². The van der Waals surface area contributed by atoms with Gasteiger partial charge in [0.25, 0.3) is 11.6 Å². The molecule has 0 saturated heterocycles. The topological polar surface area (TPSA) is 90.7 Å². The third-order valence-corrected chi connectivity index (χ3v) is 3.79. The van der Waals surface area contributed by atoms with E-state index in [1.807, 2.05) is 0 Å². The molecule has 0 aliphatic heterocycles. The van der Waals surface area contributed by atoms with Gasteiger partial charge in [-0.1, -0.05) is 0 Å². The van der Waals surface area contributed by atoms with Crippen LogP contribution in [0.3, 0.4) is 0 Å². The van der Waals surface area contributed by atoms with Crippen LogP contribution in [0.4, 0.5) is 5.69 Å². The lowest BCUT2D eigenvalue weighted by Gasteiger charge is -2.08. The van der Waals surface area contributed by atoms with E-state index in [2.05, 4.69) is 21.2 Å². The van der Waals surface area contributed by atoms with Crippen LogP contribution < -0.4 is 14.8 Å². The monoisotopic (exact) mass is 394 g/mol. The molecule has 0 unspecified atom stereocenters. The summed E-state index contributed by atoms with van der Waals surface area (Å²) in [7, 11) is 1.58. The summed E-state index contributed by atoms with van der Waals surface area (Å²) in [6.45, 7) is 0.547. The van der Waals surface area contributed by atoms with Gasteiger partial charge in [0, 0.05) is 11.6 Å². The van der Waals surface area contributed by atoms with Gasteiger partial charge in [-0.3, -0.25) is 14.9 Å². The van der Waals surface area contributed by atoms with E-state index < -0.39 is 10.8 Å². The number of rotatable bonds is 7. The zero-order valence-corrected chi connectivity index (χ0v) is 14.4. The molecule has 1 N–H and O–H groups in total. The highest BCUT2D eigenvalue weighted by molar-refractivity contribution is 9.10. The van der Waals surface area contributed by atoms with Crippen molar-refractivity contribution in [3.05, 3.63) is 62.6 Å². The van der Waals surface area contributed by atoms with E-state index in [4.69, 9.17) is 9.47 Å². The van der Waals surface area contributed by atoms with Crippen LogP contribution in [0.5, 0.6) is 11.5 Å². The number of nitrogens with one attached hydrogen (secondary N) is 1. The highest BCUT2D eigenvalue weighted by atomic mass is 79.9. The van der Waals surface area contributed by atoms with Crippen LogP contribution in [-0.4, -0.2) is 31.1 Å². The predicted octanol–water partition coefficient (Wildman–Crippen LogP) is 3.17. The molecule has 7 nitrogen and oxygen atoms in total. The third-order valence-electron chi connectivity index (χ3n) is 3.12. The fraction of sp³-hybridized carbons (Fsp3) is 0.188. The summed E-state index contributed by atoms with van der Waals surface area (Å²) >= 11 is 3.08. The second-order valence-electron chi connectivity index (χ2n) is 4.70. The summed E-state index contributed by atoms with van der Waals surface area (Å²) in [4.78, 5) is 22.3. The summed E-state index contributed by atoms with van der Waals surface area (Å²) < 4.78 is 10.9. The van der Waals surface area contributed by atoms with Gasteiger partial charge >= 0.3 is 0 Å². The number of amides is 1. The first-order chi connectivity index (χ1) is 11.5. The lowest BCUT2D eigenvalue weighted by Crippen LogP contribution is -2.28. The molecule has 0 heterocycles. The van der Waals surface area contributed by atoms with E-state index in [9.17, 15) is 14.9 Å². The molecule has 0 aromatic heterocycles.